The predicted octanol–water partition coefficient (Wildman–Crippen LogP) is 4.12. The summed E-state index contributed by atoms with van der Waals surface area (Å²) in [6.45, 7) is 3.68. The molecule has 148 valence electrons. The molecular weight excluding hydrogens is 395 g/mol. The lowest BCUT2D eigenvalue weighted by molar-refractivity contribution is -0.124. The van der Waals surface area contributed by atoms with Crippen LogP contribution in [0.5, 0.6) is 5.75 Å². The Labute approximate surface area is 160 Å². The minimum Gasteiger partial charge on any atom is -0.376 e. The maximum absolute atomic E-state index is 12.4. The second-order valence-corrected chi connectivity index (χ2v) is 7.73. The number of allylic oxidation sites excluding steroid dienone is 1. The monoisotopic (exact) mass is 411 g/mol. The van der Waals surface area contributed by atoms with Gasteiger partial charge in [0, 0.05) is 5.69 Å². The van der Waals surface area contributed by atoms with E-state index in [4.69, 9.17) is 0 Å². The van der Waals surface area contributed by atoms with Gasteiger partial charge in [-0.15, -0.1) is 6.58 Å². The van der Waals surface area contributed by atoms with Crippen LogP contribution in [0.2, 0.25) is 0 Å². The smallest absolute Gasteiger partial charge is 0.376 e. The lowest BCUT2D eigenvalue weighted by Crippen LogP contribution is -2.46. The van der Waals surface area contributed by atoms with Crippen molar-refractivity contribution in [1.82, 2.24) is 0 Å². The molecule has 1 heterocycles. The summed E-state index contributed by atoms with van der Waals surface area (Å²) >= 11 is 0. The Hall–Kier alpha value is -2.81. The van der Waals surface area contributed by atoms with Crippen molar-refractivity contribution in [2.45, 2.75) is 24.4 Å². The highest BCUT2D eigenvalue weighted by molar-refractivity contribution is 7.88. The van der Waals surface area contributed by atoms with Crippen LogP contribution in [0, 0.1) is 0 Å². The molecule has 9 heteroatoms. The SMILES string of the molecule is C=CCc1ccc([C@@H]2CC(=O)N2c2ccc(OS(=O)(=O)C(F)(F)F)cc2)cc1. The maximum atomic E-state index is 12.4. The van der Waals surface area contributed by atoms with Crippen molar-refractivity contribution in [2.75, 3.05) is 4.90 Å². The number of β-lactam (4-membered cyclic amide) rings is 1. The number of amides is 1. The summed E-state index contributed by atoms with van der Waals surface area (Å²) in [6.07, 6.45) is 2.83. The Kier molecular flexibility index (Phi) is 5.20. The van der Waals surface area contributed by atoms with E-state index in [-0.39, 0.29) is 11.9 Å². The Bertz CT molecular complexity index is 983. The molecule has 28 heavy (non-hydrogen) atoms. The first-order valence-corrected chi connectivity index (χ1v) is 9.66. The van der Waals surface area contributed by atoms with E-state index in [0.29, 0.717) is 12.1 Å². The van der Waals surface area contributed by atoms with Crippen LogP contribution in [0.3, 0.4) is 0 Å². The molecule has 1 aliphatic rings. The molecule has 1 amide bonds. The molecule has 0 bridgehead atoms. The van der Waals surface area contributed by atoms with Gasteiger partial charge in [0.2, 0.25) is 5.91 Å². The van der Waals surface area contributed by atoms with Gasteiger partial charge in [0.15, 0.2) is 0 Å². The molecule has 2 aromatic carbocycles. The van der Waals surface area contributed by atoms with Crippen LogP contribution in [-0.4, -0.2) is 19.8 Å². The number of carbonyl (C=O) groups excluding carboxylic acids is 1. The van der Waals surface area contributed by atoms with E-state index in [9.17, 15) is 26.4 Å². The van der Waals surface area contributed by atoms with Crippen LogP contribution in [0.25, 0.3) is 0 Å². The van der Waals surface area contributed by atoms with E-state index in [1.807, 2.05) is 24.3 Å². The van der Waals surface area contributed by atoms with Crippen molar-refractivity contribution in [3.05, 3.63) is 72.3 Å². The Balaban J connectivity index is 1.77. The first-order chi connectivity index (χ1) is 13.1. The van der Waals surface area contributed by atoms with Crippen molar-refractivity contribution >= 4 is 21.7 Å². The van der Waals surface area contributed by atoms with Gasteiger partial charge in [-0.2, -0.15) is 21.6 Å². The van der Waals surface area contributed by atoms with E-state index in [1.165, 1.54) is 17.0 Å². The summed E-state index contributed by atoms with van der Waals surface area (Å²) in [5.41, 5.74) is -3.06. The number of benzene rings is 2. The fourth-order valence-corrected chi connectivity index (χ4v) is 3.34. The van der Waals surface area contributed by atoms with Gasteiger partial charge in [-0.1, -0.05) is 30.3 Å². The molecule has 0 aliphatic carbocycles. The van der Waals surface area contributed by atoms with E-state index in [0.717, 1.165) is 29.7 Å². The highest BCUT2D eigenvalue weighted by atomic mass is 32.2. The number of rotatable bonds is 6. The van der Waals surface area contributed by atoms with Crippen molar-refractivity contribution < 1.29 is 30.6 Å². The zero-order valence-electron chi connectivity index (χ0n) is 14.5. The van der Waals surface area contributed by atoms with Gasteiger partial charge in [-0.05, 0) is 41.8 Å². The first kappa shape index (κ1) is 19.9. The van der Waals surface area contributed by atoms with Gasteiger partial charge in [0.25, 0.3) is 0 Å². The van der Waals surface area contributed by atoms with E-state index in [1.54, 1.807) is 6.08 Å². The largest absolute Gasteiger partial charge is 0.534 e. The lowest BCUT2D eigenvalue weighted by Gasteiger charge is -2.40. The number of hydrogen-bond acceptors (Lipinski definition) is 4. The average Bonchev–Trinajstić information content (AvgIpc) is 2.61. The van der Waals surface area contributed by atoms with Gasteiger partial charge in [0.1, 0.15) is 5.75 Å². The van der Waals surface area contributed by atoms with E-state index < -0.39 is 21.4 Å². The Morgan fingerprint density at radius 3 is 2.21 bits per heavy atom. The number of nitrogens with zero attached hydrogens (tertiary/aromatic N) is 1. The molecule has 5 nitrogen and oxygen atoms in total. The summed E-state index contributed by atoms with van der Waals surface area (Å²) in [7, 11) is -5.74. The molecule has 1 saturated heterocycles. The summed E-state index contributed by atoms with van der Waals surface area (Å²) in [5.74, 6) is -0.629. The molecule has 0 unspecified atom stereocenters. The minimum absolute atomic E-state index is 0.142. The Morgan fingerprint density at radius 2 is 1.71 bits per heavy atom. The summed E-state index contributed by atoms with van der Waals surface area (Å²) in [4.78, 5) is 13.6. The quantitative estimate of drug-likeness (QED) is 0.310. The molecule has 0 aromatic heterocycles. The second kappa shape index (κ2) is 7.31. The zero-order valence-corrected chi connectivity index (χ0v) is 15.3. The van der Waals surface area contributed by atoms with Gasteiger partial charge in [-0.25, -0.2) is 0 Å². The molecule has 0 saturated carbocycles. The van der Waals surface area contributed by atoms with Crippen molar-refractivity contribution in [3.8, 4) is 5.75 Å². The van der Waals surface area contributed by atoms with E-state index >= 15 is 0 Å². The number of carbonyl (C=O) groups is 1. The third-order valence-electron chi connectivity index (χ3n) is 4.30. The van der Waals surface area contributed by atoms with Crippen molar-refractivity contribution in [3.63, 3.8) is 0 Å². The summed E-state index contributed by atoms with van der Waals surface area (Å²) in [5, 5.41) is 0. The zero-order chi connectivity index (χ0) is 20.5. The molecule has 0 N–H and O–H groups in total. The minimum atomic E-state index is -5.74. The molecule has 2 aromatic rings. The number of anilines is 1. The first-order valence-electron chi connectivity index (χ1n) is 8.25. The molecule has 3 rings (SSSR count). The van der Waals surface area contributed by atoms with Crippen molar-refractivity contribution in [2.24, 2.45) is 0 Å². The number of hydrogen-bond donors (Lipinski definition) is 0. The average molecular weight is 411 g/mol. The highest BCUT2D eigenvalue weighted by Crippen LogP contribution is 2.39. The van der Waals surface area contributed by atoms with Crippen LogP contribution < -0.4 is 9.08 Å². The Morgan fingerprint density at radius 1 is 1.11 bits per heavy atom. The standard InChI is InChI=1S/C19H16F3NO4S/c1-2-3-13-4-6-14(7-5-13)17-12-18(24)23(17)15-8-10-16(11-9-15)27-28(25,26)19(20,21)22/h2,4-11,17H,1,3,12H2/t17-/m0/s1. The summed E-state index contributed by atoms with van der Waals surface area (Å²) in [6, 6.07) is 12.4. The molecule has 0 radical (unpaired) electrons. The molecular formula is C19H16F3NO4S. The fraction of sp³-hybridized carbons (Fsp3) is 0.211. The van der Waals surface area contributed by atoms with Crippen LogP contribution in [0.15, 0.2) is 61.2 Å². The predicted molar refractivity (Wildman–Crippen MR) is 97.2 cm³/mol. The third kappa shape index (κ3) is 3.89. The van der Waals surface area contributed by atoms with E-state index in [2.05, 4.69) is 10.8 Å². The van der Waals surface area contributed by atoms with Gasteiger partial charge < -0.3 is 9.08 Å². The lowest BCUT2D eigenvalue weighted by atomic mass is 9.92. The molecule has 1 fully saturated rings. The van der Waals surface area contributed by atoms with Crippen molar-refractivity contribution in [1.29, 1.82) is 0 Å². The van der Waals surface area contributed by atoms with Crippen LogP contribution in [0.4, 0.5) is 18.9 Å². The van der Waals surface area contributed by atoms with Crippen LogP contribution in [-0.2, 0) is 21.3 Å². The maximum Gasteiger partial charge on any atom is 0.534 e. The molecule has 1 aliphatic heterocycles. The highest BCUT2D eigenvalue weighted by Gasteiger charge is 2.48. The normalized spacial score (nSPS) is 17.2. The van der Waals surface area contributed by atoms with Crippen LogP contribution in [0.1, 0.15) is 23.6 Å². The van der Waals surface area contributed by atoms with Gasteiger partial charge >= 0.3 is 15.6 Å². The second-order valence-electron chi connectivity index (χ2n) is 6.20. The fourth-order valence-electron chi connectivity index (χ4n) is 2.89. The van der Waals surface area contributed by atoms with Gasteiger partial charge in [-0.3, -0.25) is 4.79 Å². The summed E-state index contributed by atoms with van der Waals surface area (Å²) < 4.78 is 63.3. The third-order valence-corrected chi connectivity index (χ3v) is 5.28. The number of alkyl halides is 3. The topological polar surface area (TPSA) is 63.7 Å². The van der Waals surface area contributed by atoms with Gasteiger partial charge in [0.05, 0.1) is 12.5 Å². The van der Waals surface area contributed by atoms with Crippen LogP contribution >= 0.6 is 0 Å². The molecule has 0 spiro atoms. The molecule has 1 atom stereocenters. The number of halogens is 3.